The first kappa shape index (κ1) is 26.9. The molecule has 34 heavy (non-hydrogen) atoms. The maximum absolute atomic E-state index is 12.5. The average molecular weight is 513 g/mol. The topological polar surface area (TPSA) is 128 Å². The van der Waals surface area contributed by atoms with Crippen molar-refractivity contribution in [3.05, 3.63) is 52.5 Å². The number of ether oxygens (including phenoxy) is 3. The summed E-state index contributed by atoms with van der Waals surface area (Å²) in [5, 5.41) is 2.85. The zero-order valence-corrected chi connectivity index (χ0v) is 20.7. The van der Waals surface area contributed by atoms with Gasteiger partial charge in [-0.1, -0.05) is 11.6 Å². The van der Waals surface area contributed by atoms with E-state index in [4.69, 9.17) is 16.3 Å². The van der Waals surface area contributed by atoms with Crippen molar-refractivity contribution in [1.29, 1.82) is 0 Å². The molecule has 0 heterocycles. The van der Waals surface area contributed by atoms with Gasteiger partial charge in [-0.15, -0.1) is 0 Å². The van der Waals surface area contributed by atoms with Gasteiger partial charge in [-0.05, 0) is 42.8 Å². The average Bonchev–Trinajstić information content (AvgIpc) is 2.79. The fourth-order valence-corrected chi connectivity index (χ4v) is 4.28. The van der Waals surface area contributed by atoms with Crippen LogP contribution in [-0.4, -0.2) is 60.4 Å². The third kappa shape index (κ3) is 7.09. The van der Waals surface area contributed by atoms with Crippen molar-refractivity contribution in [1.82, 2.24) is 0 Å². The molecule has 0 unspecified atom stereocenters. The summed E-state index contributed by atoms with van der Waals surface area (Å²) in [5.74, 6) is -1.43. The van der Waals surface area contributed by atoms with E-state index >= 15 is 0 Å². The van der Waals surface area contributed by atoms with Crippen LogP contribution in [0.1, 0.15) is 33.6 Å². The molecule has 0 aromatic heterocycles. The van der Waals surface area contributed by atoms with Crippen LogP contribution in [0, 0.1) is 0 Å². The summed E-state index contributed by atoms with van der Waals surface area (Å²) in [6.07, 6.45) is 1.20. The highest BCUT2D eigenvalue weighted by atomic mass is 35.5. The van der Waals surface area contributed by atoms with E-state index in [9.17, 15) is 22.8 Å². The molecule has 1 N–H and O–H groups in total. The van der Waals surface area contributed by atoms with E-state index in [1.807, 2.05) is 0 Å². The van der Waals surface area contributed by atoms with Crippen molar-refractivity contribution in [2.45, 2.75) is 12.8 Å². The van der Waals surface area contributed by atoms with Crippen molar-refractivity contribution in [2.24, 2.45) is 0 Å². The molecule has 2 aromatic carbocycles. The summed E-state index contributed by atoms with van der Waals surface area (Å²) in [7, 11) is 0.178. The number of hydrogen-bond acceptors (Lipinski definition) is 8. The molecule has 10 nitrogen and oxygen atoms in total. The number of carbonyl (C=O) groups is 3. The smallest absolute Gasteiger partial charge is 0.337 e. The van der Waals surface area contributed by atoms with E-state index in [0.29, 0.717) is 11.4 Å². The SMILES string of the molecule is COC(=O)c1cc(NC(=O)CCCN(c2ccc(OC)c(Cl)c2)S(C)(=O)=O)cc(C(=O)OC)c1. The Bertz CT molecular complexity index is 1150. The number of carbonyl (C=O) groups excluding carboxylic acids is 3. The van der Waals surface area contributed by atoms with Crippen molar-refractivity contribution < 1.29 is 37.0 Å². The summed E-state index contributed by atoms with van der Waals surface area (Å²) in [5.41, 5.74) is 0.637. The molecule has 0 saturated carbocycles. The van der Waals surface area contributed by atoms with Gasteiger partial charge in [0.05, 0.1) is 49.4 Å². The number of sulfonamides is 1. The number of amides is 1. The molecular weight excluding hydrogens is 488 g/mol. The molecule has 0 saturated heterocycles. The van der Waals surface area contributed by atoms with E-state index in [2.05, 4.69) is 14.8 Å². The monoisotopic (exact) mass is 512 g/mol. The lowest BCUT2D eigenvalue weighted by molar-refractivity contribution is -0.116. The number of nitrogens with zero attached hydrogens (tertiary/aromatic N) is 1. The van der Waals surface area contributed by atoms with Crippen LogP contribution >= 0.6 is 11.6 Å². The molecule has 0 aliphatic rings. The Hall–Kier alpha value is -3.31. The summed E-state index contributed by atoms with van der Waals surface area (Å²) in [6.45, 7) is 0.0184. The van der Waals surface area contributed by atoms with Crippen LogP contribution in [-0.2, 0) is 24.3 Å². The number of halogens is 1. The standard InChI is InChI=1S/C22H25ClN2O8S/c1-31-19-8-7-17(13-18(19)23)25(34(4,29)30)9-5-6-20(26)24-16-11-14(21(27)32-2)10-15(12-16)22(28)33-3/h7-8,10-13H,5-6,9H2,1-4H3,(H,24,26). The fraction of sp³-hybridized carbons (Fsp3) is 0.318. The third-order valence-electron chi connectivity index (χ3n) is 4.65. The van der Waals surface area contributed by atoms with Gasteiger partial charge < -0.3 is 19.5 Å². The van der Waals surface area contributed by atoms with Gasteiger partial charge in [0.25, 0.3) is 0 Å². The van der Waals surface area contributed by atoms with Crippen molar-refractivity contribution >= 4 is 50.8 Å². The van der Waals surface area contributed by atoms with Crippen LogP contribution in [0.25, 0.3) is 0 Å². The maximum atomic E-state index is 12.5. The summed E-state index contributed by atoms with van der Waals surface area (Å²) < 4.78 is 40.1. The number of methoxy groups -OCH3 is 3. The molecule has 0 fully saturated rings. The highest BCUT2D eigenvalue weighted by Crippen LogP contribution is 2.30. The van der Waals surface area contributed by atoms with Gasteiger partial charge in [0.2, 0.25) is 15.9 Å². The quantitative estimate of drug-likeness (QED) is 0.481. The predicted molar refractivity (Wildman–Crippen MR) is 127 cm³/mol. The van der Waals surface area contributed by atoms with Crippen molar-refractivity contribution in [3.8, 4) is 5.75 Å². The van der Waals surface area contributed by atoms with E-state index in [0.717, 1.165) is 10.6 Å². The van der Waals surface area contributed by atoms with Crippen molar-refractivity contribution in [2.75, 3.05) is 43.8 Å². The highest BCUT2D eigenvalue weighted by molar-refractivity contribution is 7.92. The molecule has 12 heteroatoms. The van der Waals surface area contributed by atoms with E-state index in [-0.39, 0.29) is 41.2 Å². The number of nitrogens with one attached hydrogen (secondary N) is 1. The van der Waals surface area contributed by atoms with Crippen LogP contribution in [0.5, 0.6) is 5.75 Å². The fourth-order valence-electron chi connectivity index (χ4n) is 3.07. The first-order valence-electron chi connectivity index (χ1n) is 9.93. The molecule has 0 bridgehead atoms. The normalized spacial score (nSPS) is 10.9. The lowest BCUT2D eigenvalue weighted by Crippen LogP contribution is -2.31. The van der Waals surface area contributed by atoms with E-state index < -0.39 is 27.9 Å². The zero-order chi connectivity index (χ0) is 25.5. The van der Waals surface area contributed by atoms with Crippen LogP contribution in [0.4, 0.5) is 11.4 Å². The largest absolute Gasteiger partial charge is 0.495 e. The number of hydrogen-bond donors (Lipinski definition) is 1. The van der Waals surface area contributed by atoms with Gasteiger partial charge in [-0.2, -0.15) is 0 Å². The molecule has 0 aliphatic carbocycles. The minimum absolute atomic E-state index is 0.0184. The Kier molecular flexibility index (Phi) is 9.28. The Morgan fingerprint density at radius 1 is 0.971 bits per heavy atom. The van der Waals surface area contributed by atoms with Gasteiger partial charge in [0.1, 0.15) is 5.75 Å². The molecule has 2 aromatic rings. The van der Waals surface area contributed by atoms with Gasteiger partial charge >= 0.3 is 11.9 Å². The van der Waals surface area contributed by atoms with Crippen LogP contribution in [0.15, 0.2) is 36.4 Å². The molecule has 0 radical (unpaired) electrons. The lowest BCUT2D eigenvalue weighted by Gasteiger charge is -2.23. The zero-order valence-electron chi connectivity index (χ0n) is 19.1. The first-order chi connectivity index (χ1) is 16.0. The Labute approximate surface area is 202 Å². The second-order valence-corrected chi connectivity index (χ2v) is 9.40. The Morgan fingerprint density at radius 2 is 1.56 bits per heavy atom. The van der Waals surface area contributed by atoms with E-state index in [1.54, 1.807) is 12.1 Å². The molecular formula is C22H25ClN2O8S. The third-order valence-corrected chi connectivity index (χ3v) is 6.14. The minimum atomic E-state index is -3.65. The number of benzene rings is 2. The summed E-state index contributed by atoms with van der Waals surface area (Å²) in [6, 6.07) is 8.58. The van der Waals surface area contributed by atoms with Gasteiger partial charge in [0, 0.05) is 18.7 Å². The molecule has 0 aliphatic heterocycles. The van der Waals surface area contributed by atoms with Gasteiger partial charge in [-0.25, -0.2) is 18.0 Å². The van der Waals surface area contributed by atoms with Gasteiger partial charge in [0.15, 0.2) is 0 Å². The lowest BCUT2D eigenvalue weighted by atomic mass is 10.1. The predicted octanol–water partition coefficient (Wildman–Crippen LogP) is 3.11. The first-order valence-corrected chi connectivity index (χ1v) is 12.2. The second-order valence-electron chi connectivity index (χ2n) is 7.09. The van der Waals surface area contributed by atoms with Gasteiger partial charge in [-0.3, -0.25) is 9.10 Å². The van der Waals surface area contributed by atoms with Crippen LogP contribution < -0.4 is 14.4 Å². The van der Waals surface area contributed by atoms with Crippen molar-refractivity contribution in [3.63, 3.8) is 0 Å². The summed E-state index contributed by atoms with van der Waals surface area (Å²) in [4.78, 5) is 36.2. The number of rotatable bonds is 10. The molecule has 0 spiro atoms. The second kappa shape index (κ2) is 11.7. The summed E-state index contributed by atoms with van der Waals surface area (Å²) >= 11 is 6.11. The Morgan fingerprint density at radius 3 is 2.03 bits per heavy atom. The molecule has 184 valence electrons. The van der Waals surface area contributed by atoms with Crippen LogP contribution in [0.2, 0.25) is 5.02 Å². The minimum Gasteiger partial charge on any atom is -0.495 e. The highest BCUT2D eigenvalue weighted by Gasteiger charge is 2.20. The van der Waals surface area contributed by atoms with E-state index in [1.165, 1.54) is 45.6 Å². The molecule has 2 rings (SSSR count). The number of anilines is 2. The molecule has 0 atom stereocenters. The number of esters is 2. The maximum Gasteiger partial charge on any atom is 0.337 e. The Balaban J connectivity index is 2.12. The molecule has 1 amide bonds. The van der Waals surface area contributed by atoms with Crippen LogP contribution in [0.3, 0.4) is 0 Å².